The topological polar surface area (TPSA) is 56.0 Å². The van der Waals surface area contributed by atoms with E-state index in [1.807, 2.05) is 36.4 Å². The first-order valence-electron chi connectivity index (χ1n) is 7.12. The average molecular weight is 266 g/mol. The Balaban J connectivity index is 1.98. The summed E-state index contributed by atoms with van der Waals surface area (Å²) >= 11 is 0. The highest BCUT2D eigenvalue weighted by molar-refractivity contribution is 5.97. The van der Waals surface area contributed by atoms with Crippen LogP contribution in [-0.2, 0) is 0 Å². The van der Waals surface area contributed by atoms with Crippen LogP contribution in [0, 0.1) is 17.2 Å². The van der Waals surface area contributed by atoms with Crippen molar-refractivity contribution in [1.82, 2.24) is 0 Å². The van der Waals surface area contributed by atoms with Gasteiger partial charge in [0.1, 0.15) is 0 Å². The zero-order valence-electron chi connectivity index (χ0n) is 11.3. The van der Waals surface area contributed by atoms with Gasteiger partial charge >= 0.3 is 0 Å². The van der Waals surface area contributed by atoms with Crippen molar-refractivity contribution < 1.29 is 5.11 Å². The molecule has 0 heterocycles. The van der Waals surface area contributed by atoms with Gasteiger partial charge in [0, 0.05) is 35.0 Å². The lowest BCUT2D eigenvalue weighted by molar-refractivity contribution is 0.222. The van der Waals surface area contributed by atoms with Crippen LogP contribution in [0.4, 0.5) is 5.69 Å². The van der Waals surface area contributed by atoms with Crippen molar-refractivity contribution >= 4 is 16.5 Å². The first-order chi connectivity index (χ1) is 9.83. The Labute approximate surface area is 118 Å². The SMILES string of the molecule is N#Cc1ccc(NC2CCCC2CO)c2ccccc12. The Morgan fingerprint density at radius 3 is 2.70 bits per heavy atom. The molecule has 3 heteroatoms. The summed E-state index contributed by atoms with van der Waals surface area (Å²) in [5.74, 6) is 0.337. The maximum absolute atomic E-state index is 9.43. The van der Waals surface area contributed by atoms with E-state index in [-0.39, 0.29) is 6.61 Å². The van der Waals surface area contributed by atoms with Crippen molar-refractivity contribution in [2.45, 2.75) is 25.3 Å². The quantitative estimate of drug-likeness (QED) is 0.896. The number of aliphatic hydroxyl groups is 1. The monoisotopic (exact) mass is 266 g/mol. The van der Waals surface area contributed by atoms with E-state index in [2.05, 4.69) is 11.4 Å². The van der Waals surface area contributed by atoms with Gasteiger partial charge in [-0.1, -0.05) is 30.7 Å². The maximum atomic E-state index is 9.43. The molecule has 1 aliphatic carbocycles. The maximum Gasteiger partial charge on any atom is 0.0998 e. The molecule has 0 aromatic heterocycles. The molecule has 3 rings (SSSR count). The molecule has 102 valence electrons. The van der Waals surface area contributed by atoms with Crippen LogP contribution in [0.5, 0.6) is 0 Å². The second-order valence-corrected chi connectivity index (χ2v) is 5.44. The first kappa shape index (κ1) is 13.0. The van der Waals surface area contributed by atoms with E-state index < -0.39 is 0 Å². The van der Waals surface area contributed by atoms with Gasteiger partial charge in [0.15, 0.2) is 0 Å². The van der Waals surface area contributed by atoms with Crippen molar-refractivity contribution in [2.24, 2.45) is 5.92 Å². The van der Waals surface area contributed by atoms with Gasteiger partial charge in [0.25, 0.3) is 0 Å². The molecule has 2 atom stereocenters. The number of nitrogens with zero attached hydrogens (tertiary/aromatic N) is 1. The molecule has 1 aliphatic rings. The predicted molar refractivity (Wildman–Crippen MR) is 80.5 cm³/mol. The standard InChI is InChI=1S/C17H18N2O/c18-10-12-8-9-17(15-6-2-1-5-14(12)15)19-16-7-3-4-13(16)11-20/h1-2,5-6,8-9,13,16,19-20H,3-4,7,11H2. The molecule has 2 unspecified atom stereocenters. The van der Waals surface area contributed by atoms with Crippen molar-refractivity contribution in [3.8, 4) is 6.07 Å². The number of rotatable bonds is 3. The first-order valence-corrected chi connectivity index (χ1v) is 7.12. The number of benzene rings is 2. The minimum absolute atomic E-state index is 0.242. The second kappa shape index (κ2) is 5.52. The molecule has 20 heavy (non-hydrogen) atoms. The van der Waals surface area contributed by atoms with Gasteiger partial charge in [0.05, 0.1) is 11.6 Å². The number of nitriles is 1. The molecule has 0 amide bonds. The molecular weight excluding hydrogens is 248 g/mol. The van der Waals surface area contributed by atoms with Crippen LogP contribution in [0.25, 0.3) is 10.8 Å². The lowest BCUT2D eigenvalue weighted by atomic mass is 10.0. The average Bonchev–Trinajstić information content (AvgIpc) is 2.95. The summed E-state index contributed by atoms with van der Waals surface area (Å²) in [4.78, 5) is 0. The number of aliphatic hydroxyl groups excluding tert-OH is 1. The second-order valence-electron chi connectivity index (χ2n) is 5.44. The minimum Gasteiger partial charge on any atom is -0.396 e. The summed E-state index contributed by atoms with van der Waals surface area (Å²) in [6, 6.07) is 14.4. The van der Waals surface area contributed by atoms with E-state index >= 15 is 0 Å². The van der Waals surface area contributed by atoms with Crippen molar-refractivity contribution in [3.05, 3.63) is 42.0 Å². The normalized spacial score (nSPS) is 21.8. The summed E-state index contributed by atoms with van der Waals surface area (Å²) in [6.45, 7) is 0.242. The van der Waals surface area contributed by atoms with Crippen LogP contribution < -0.4 is 5.32 Å². The van der Waals surface area contributed by atoms with Gasteiger partial charge in [-0.25, -0.2) is 0 Å². The van der Waals surface area contributed by atoms with E-state index in [1.54, 1.807) is 0 Å². The molecule has 0 bridgehead atoms. The largest absolute Gasteiger partial charge is 0.396 e. The van der Waals surface area contributed by atoms with Crippen LogP contribution in [0.2, 0.25) is 0 Å². The van der Waals surface area contributed by atoms with Crippen molar-refractivity contribution in [2.75, 3.05) is 11.9 Å². The van der Waals surface area contributed by atoms with Crippen LogP contribution >= 0.6 is 0 Å². The Morgan fingerprint density at radius 1 is 1.15 bits per heavy atom. The highest BCUT2D eigenvalue weighted by Crippen LogP contribution is 2.32. The lowest BCUT2D eigenvalue weighted by Crippen LogP contribution is -2.26. The lowest BCUT2D eigenvalue weighted by Gasteiger charge is -2.21. The van der Waals surface area contributed by atoms with Crippen LogP contribution in [0.1, 0.15) is 24.8 Å². The predicted octanol–water partition coefficient (Wildman–Crippen LogP) is 3.28. The molecular formula is C17H18N2O. The molecule has 2 N–H and O–H groups in total. The van der Waals surface area contributed by atoms with Crippen molar-refractivity contribution in [3.63, 3.8) is 0 Å². The minimum atomic E-state index is 0.242. The molecule has 2 aromatic carbocycles. The molecule has 0 spiro atoms. The Hall–Kier alpha value is -2.05. The number of fused-ring (bicyclic) bond motifs is 1. The van der Waals surface area contributed by atoms with Gasteiger partial charge in [-0.3, -0.25) is 0 Å². The van der Waals surface area contributed by atoms with Crippen LogP contribution in [0.3, 0.4) is 0 Å². The Kier molecular flexibility index (Phi) is 3.58. The third kappa shape index (κ3) is 2.23. The van der Waals surface area contributed by atoms with Crippen LogP contribution in [0.15, 0.2) is 36.4 Å². The fourth-order valence-electron chi connectivity index (χ4n) is 3.17. The number of hydrogen-bond acceptors (Lipinski definition) is 3. The molecule has 2 aromatic rings. The van der Waals surface area contributed by atoms with E-state index in [9.17, 15) is 10.4 Å². The van der Waals surface area contributed by atoms with E-state index in [1.165, 1.54) is 0 Å². The zero-order valence-corrected chi connectivity index (χ0v) is 11.3. The van der Waals surface area contributed by atoms with Gasteiger partial charge < -0.3 is 10.4 Å². The van der Waals surface area contributed by atoms with E-state index in [0.717, 1.165) is 35.7 Å². The molecule has 0 saturated heterocycles. The summed E-state index contributed by atoms with van der Waals surface area (Å²) in [6.07, 6.45) is 3.35. The Bertz CT molecular complexity index is 660. The van der Waals surface area contributed by atoms with Gasteiger partial charge in [-0.2, -0.15) is 5.26 Å². The summed E-state index contributed by atoms with van der Waals surface area (Å²) in [5, 5.41) is 24.2. The fraction of sp³-hybridized carbons (Fsp3) is 0.353. The highest BCUT2D eigenvalue weighted by atomic mass is 16.3. The van der Waals surface area contributed by atoms with E-state index in [0.29, 0.717) is 17.5 Å². The third-order valence-electron chi connectivity index (χ3n) is 4.28. The Morgan fingerprint density at radius 2 is 1.95 bits per heavy atom. The van der Waals surface area contributed by atoms with Gasteiger partial charge in [-0.05, 0) is 25.0 Å². The van der Waals surface area contributed by atoms with Crippen LogP contribution in [-0.4, -0.2) is 17.8 Å². The number of hydrogen-bond donors (Lipinski definition) is 2. The summed E-state index contributed by atoms with van der Waals surface area (Å²) in [5.41, 5.74) is 1.77. The summed E-state index contributed by atoms with van der Waals surface area (Å²) in [7, 11) is 0. The fourth-order valence-corrected chi connectivity index (χ4v) is 3.17. The molecule has 0 aliphatic heterocycles. The van der Waals surface area contributed by atoms with E-state index in [4.69, 9.17) is 0 Å². The molecule has 0 radical (unpaired) electrons. The molecule has 1 saturated carbocycles. The third-order valence-corrected chi connectivity index (χ3v) is 4.28. The zero-order chi connectivity index (χ0) is 13.9. The van der Waals surface area contributed by atoms with Crippen molar-refractivity contribution in [1.29, 1.82) is 5.26 Å². The molecule has 1 fully saturated rings. The van der Waals surface area contributed by atoms with Gasteiger partial charge in [-0.15, -0.1) is 0 Å². The summed E-state index contributed by atoms with van der Waals surface area (Å²) < 4.78 is 0. The highest BCUT2D eigenvalue weighted by Gasteiger charge is 2.26. The smallest absolute Gasteiger partial charge is 0.0998 e. The number of nitrogens with one attached hydrogen (secondary N) is 1. The van der Waals surface area contributed by atoms with Gasteiger partial charge in [0.2, 0.25) is 0 Å². The molecule has 3 nitrogen and oxygen atoms in total. The number of anilines is 1.